The van der Waals surface area contributed by atoms with Gasteiger partial charge in [-0.05, 0) is 22.4 Å². The molecule has 0 unspecified atom stereocenters. The first kappa shape index (κ1) is 10.7. The molecule has 0 saturated carbocycles. The summed E-state index contributed by atoms with van der Waals surface area (Å²) in [6.45, 7) is 0.711. The third kappa shape index (κ3) is 2.60. The smallest absolute Gasteiger partial charge is 0.225 e. The lowest BCUT2D eigenvalue weighted by atomic mass is 10.3. The Bertz CT molecular complexity index is 458. The lowest BCUT2D eigenvalue weighted by molar-refractivity contribution is 0.398. The summed E-state index contributed by atoms with van der Waals surface area (Å²) in [5, 5.41) is 7.27. The summed E-state index contributed by atoms with van der Waals surface area (Å²) in [5.74, 6) is 1.32. The molecule has 3 N–H and O–H groups in total. The molecule has 0 saturated heterocycles. The highest BCUT2D eigenvalue weighted by Gasteiger charge is 2.02. The monoisotopic (exact) mass is 236 g/mol. The predicted octanol–water partition coefficient (Wildman–Crippen LogP) is 1.74. The van der Waals surface area contributed by atoms with Gasteiger partial charge in [0.1, 0.15) is 5.82 Å². The van der Waals surface area contributed by atoms with Gasteiger partial charge in [0.25, 0.3) is 0 Å². The van der Waals surface area contributed by atoms with Gasteiger partial charge in [-0.25, -0.2) is 0 Å². The molecule has 0 bridgehead atoms. The average molecular weight is 236 g/mol. The van der Waals surface area contributed by atoms with Crippen LogP contribution in [0.5, 0.6) is 5.88 Å². The molecule has 2 aromatic rings. The molecular weight excluding hydrogens is 224 g/mol. The van der Waals surface area contributed by atoms with Crippen molar-refractivity contribution in [1.29, 1.82) is 0 Å². The van der Waals surface area contributed by atoms with E-state index < -0.39 is 0 Å². The topological polar surface area (TPSA) is 73.1 Å². The Balaban J connectivity index is 2.06. The number of nitrogens with two attached hydrogens (primary N) is 1. The number of aromatic nitrogens is 2. The van der Waals surface area contributed by atoms with Crippen molar-refractivity contribution in [2.45, 2.75) is 6.54 Å². The fraction of sp³-hybridized carbons (Fsp3) is 0.200. The summed E-state index contributed by atoms with van der Waals surface area (Å²) in [7, 11) is 1.55. The Kier molecular flexibility index (Phi) is 3.21. The summed E-state index contributed by atoms with van der Waals surface area (Å²) < 4.78 is 5.00. The van der Waals surface area contributed by atoms with Gasteiger partial charge in [0.05, 0.1) is 7.11 Å². The summed E-state index contributed by atoms with van der Waals surface area (Å²) in [5.41, 5.74) is 6.75. The van der Waals surface area contributed by atoms with Gasteiger partial charge >= 0.3 is 0 Å². The standard InChI is InChI=1S/C10H12N4OS/c1-15-9-4-8(13-10(11)14-9)12-5-7-2-3-16-6-7/h2-4,6H,5H2,1H3,(H3,11,12,13,14). The zero-order valence-electron chi connectivity index (χ0n) is 8.80. The van der Waals surface area contributed by atoms with Gasteiger partial charge < -0.3 is 15.8 Å². The van der Waals surface area contributed by atoms with Crippen LogP contribution in [0, 0.1) is 0 Å². The highest BCUT2D eigenvalue weighted by atomic mass is 32.1. The third-order valence-electron chi connectivity index (χ3n) is 1.98. The molecule has 5 nitrogen and oxygen atoms in total. The Morgan fingerprint density at radius 3 is 3.06 bits per heavy atom. The fourth-order valence-corrected chi connectivity index (χ4v) is 1.89. The number of rotatable bonds is 4. The number of hydrogen-bond acceptors (Lipinski definition) is 6. The van der Waals surface area contributed by atoms with Crippen molar-refractivity contribution in [2.75, 3.05) is 18.2 Å². The van der Waals surface area contributed by atoms with Gasteiger partial charge in [-0.1, -0.05) is 0 Å². The Morgan fingerprint density at radius 1 is 1.50 bits per heavy atom. The zero-order chi connectivity index (χ0) is 11.4. The van der Waals surface area contributed by atoms with Gasteiger partial charge in [-0.15, -0.1) is 0 Å². The molecule has 2 rings (SSSR count). The minimum absolute atomic E-state index is 0.201. The first-order valence-electron chi connectivity index (χ1n) is 4.71. The van der Waals surface area contributed by atoms with Gasteiger partial charge in [-0.3, -0.25) is 0 Å². The number of anilines is 2. The van der Waals surface area contributed by atoms with E-state index in [0.717, 1.165) is 0 Å². The number of thiophene rings is 1. The number of methoxy groups -OCH3 is 1. The minimum atomic E-state index is 0.201. The van der Waals surface area contributed by atoms with E-state index in [4.69, 9.17) is 10.5 Å². The molecule has 2 heterocycles. The predicted molar refractivity (Wildman–Crippen MR) is 64.6 cm³/mol. The second-order valence-corrected chi connectivity index (χ2v) is 3.92. The van der Waals surface area contributed by atoms with Crippen LogP contribution in [-0.4, -0.2) is 17.1 Å². The quantitative estimate of drug-likeness (QED) is 0.846. The molecule has 6 heteroatoms. The van der Waals surface area contributed by atoms with E-state index in [1.165, 1.54) is 5.56 Å². The van der Waals surface area contributed by atoms with E-state index in [0.29, 0.717) is 18.2 Å². The maximum Gasteiger partial charge on any atom is 0.225 e. The molecule has 0 amide bonds. The molecule has 16 heavy (non-hydrogen) atoms. The number of hydrogen-bond donors (Lipinski definition) is 2. The van der Waals surface area contributed by atoms with Crippen LogP contribution in [0.25, 0.3) is 0 Å². The molecule has 0 radical (unpaired) electrons. The van der Waals surface area contributed by atoms with E-state index in [2.05, 4.69) is 26.7 Å². The second-order valence-electron chi connectivity index (χ2n) is 3.14. The van der Waals surface area contributed by atoms with E-state index in [9.17, 15) is 0 Å². The Labute approximate surface area is 97.3 Å². The molecule has 0 aliphatic carbocycles. The van der Waals surface area contributed by atoms with E-state index in [1.807, 2.05) is 5.38 Å². The molecule has 0 fully saturated rings. The number of ether oxygens (including phenoxy) is 1. The van der Waals surface area contributed by atoms with E-state index in [1.54, 1.807) is 24.5 Å². The fourth-order valence-electron chi connectivity index (χ4n) is 1.22. The molecule has 84 valence electrons. The average Bonchev–Trinajstić information content (AvgIpc) is 2.78. The minimum Gasteiger partial charge on any atom is -0.481 e. The highest BCUT2D eigenvalue weighted by Crippen LogP contribution is 2.15. The van der Waals surface area contributed by atoms with Crippen LogP contribution in [0.2, 0.25) is 0 Å². The Morgan fingerprint density at radius 2 is 2.38 bits per heavy atom. The van der Waals surface area contributed by atoms with Crippen LogP contribution in [0.4, 0.5) is 11.8 Å². The van der Waals surface area contributed by atoms with Crippen molar-refractivity contribution in [1.82, 2.24) is 9.97 Å². The lowest BCUT2D eigenvalue weighted by Crippen LogP contribution is -2.04. The summed E-state index contributed by atoms with van der Waals surface area (Å²) in [6.07, 6.45) is 0. The summed E-state index contributed by atoms with van der Waals surface area (Å²) >= 11 is 1.66. The maximum absolute atomic E-state index is 5.54. The first-order valence-corrected chi connectivity index (χ1v) is 5.65. The lowest BCUT2D eigenvalue weighted by Gasteiger charge is -2.06. The van der Waals surface area contributed by atoms with E-state index in [-0.39, 0.29) is 5.95 Å². The normalized spacial score (nSPS) is 10.1. The van der Waals surface area contributed by atoms with Crippen LogP contribution < -0.4 is 15.8 Å². The van der Waals surface area contributed by atoms with Crippen LogP contribution in [0.1, 0.15) is 5.56 Å². The molecule has 2 aromatic heterocycles. The SMILES string of the molecule is COc1cc(NCc2ccsc2)nc(N)n1. The van der Waals surface area contributed by atoms with Gasteiger partial charge in [0.2, 0.25) is 11.8 Å². The molecule has 0 aromatic carbocycles. The molecular formula is C10H12N4OS. The Hall–Kier alpha value is -1.82. The van der Waals surface area contributed by atoms with E-state index >= 15 is 0 Å². The maximum atomic E-state index is 5.54. The zero-order valence-corrected chi connectivity index (χ0v) is 9.62. The first-order chi connectivity index (χ1) is 7.78. The van der Waals surface area contributed by atoms with Crippen molar-refractivity contribution >= 4 is 23.1 Å². The van der Waals surface area contributed by atoms with Gasteiger partial charge in [0, 0.05) is 12.6 Å². The third-order valence-corrected chi connectivity index (χ3v) is 2.71. The number of nitrogens with one attached hydrogen (secondary N) is 1. The highest BCUT2D eigenvalue weighted by molar-refractivity contribution is 7.07. The van der Waals surface area contributed by atoms with Gasteiger partial charge in [-0.2, -0.15) is 21.3 Å². The number of nitrogen functional groups attached to an aromatic ring is 1. The van der Waals surface area contributed by atoms with Crippen molar-refractivity contribution in [3.05, 3.63) is 28.5 Å². The number of nitrogens with zero attached hydrogens (tertiary/aromatic N) is 2. The molecule has 0 atom stereocenters. The summed E-state index contributed by atoms with van der Waals surface area (Å²) in [4.78, 5) is 7.96. The van der Waals surface area contributed by atoms with Crippen LogP contribution >= 0.6 is 11.3 Å². The summed E-state index contributed by atoms with van der Waals surface area (Å²) in [6, 6.07) is 3.77. The van der Waals surface area contributed by atoms with Crippen LogP contribution in [-0.2, 0) is 6.54 Å². The molecule has 0 spiro atoms. The largest absolute Gasteiger partial charge is 0.481 e. The molecule has 0 aliphatic heterocycles. The van der Waals surface area contributed by atoms with Crippen LogP contribution in [0.15, 0.2) is 22.9 Å². The van der Waals surface area contributed by atoms with Crippen molar-refractivity contribution in [3.8, 4) is 5.88 Å². The molecule has 0 aliphatic rings. The van der Waals surface area contributed by atoms with Crippen LogP contribution in [0.3, 0.4) is 0 Å². The van der Waals surface area contributed by atoms with Crippen molar-refractivity contribution in [3.63, 3.8) is 0 Å². The second kappa shape index (κ2) is 4.80. The van der Waals surface area contributed by atoms with Gasteiger partial charge in [0.15, 0.2) is 0 Å². The van der Waals surface area contributed by atoms with Crippen molar-refractivity contribution < 1.29 is 4.74 Å². The van der Waals surface area contributed by atoms with Crippen molar-refractivity contribution in [2.24, 2.45) is 0 Å².